The second-order valence-electron chi connectivity index (χ2n) is 5.60. The van der Waals surface area contributed by atoms with E-state index in [0.29, 0.717) is 6.61 Å². The third-order valence-electron chi connectivity index (χ3n) is 4.40. The van der Waals surface area contributed by atoms with Crippen molar-refractivity contribution in [1.82, 2.24) is 0 Å². The molecule has 3 aliphatic rings. The van der Waals surface area contributed by atoms with Crippen LogP contribution in [-0.4, -0.2) is 23.9 Å². The van der Waals surface area contributed by atoms with E-state index >= 15 is 0 Å². The smallest absolute Gasteiger partial charge is 0.314 e. The molecule has 1 aromatic rings. The maximum absolute atomic E-state index is 12.4. The predicted molar refractivity (Wildman–Crippen MR) is 82.2 cm³/mol. The van der Waals surface area contributed by atoms with Crippen LogP contribution in [0.15, 0.2) is 29.3 Å². The molecule has 2 aliphatic heterocycles. The van der Waals surface area contributed by atoms with Crippen molar-refractivity contribution in [2.24, 2.45) is 10.4 Å². The van der Waals surface area contributed by atoms with Gasteiger partial charge in [0, 0.05) is 5.92 Å². The van der Waals surface area contributed by atoms with Crippen LogP contribution in [0.5, 0.6) is 0 Å². The number of benzene rings is 1. The molecule has 0 N–H and O–H groups in total. The summed E-state index contributed by atoms with van der Waals surface area (Å²) in [4.78, 5) is 17.3. The van der Waals surface area contributed by atoms with Crippen molar-refractivity contribution in [3.05, 3.63) is 35.4 Å². The standard InChI is InChI=1S/C16H19NO2S/c1-4-19-15(18)16(2)9-12-10-7-5-6-8-11(10)13(16)17-14(12)20-3/h5-8,12-13H,4,9H2,1-3H3. The van der Waals surface area contributed by atoms with Gasteiger partial charge in [0.05, 0.1) is 23.1 Å². The molecule has 0 saturated carbocycles. The number of ether oxygens (including phenoxy) is 1. The number of hydrogen-bond acceptors (Lipinski definition) is 4. The Morgan fingerprint density at radius 1 is 1.45 bits per heavy atom. The fourth-order valence-electron chi connectivity index (χ4n) is 3.40. The minimum atomic E-state index is -0.533. The van der Waals surface area contributed by atoms with Crippen molar-refractivity contribution in [2.75, 3.05) is 12.9 Å². The summed E-state index contributed by atoms with van der Waals surface area (Å²) in [5, 5.41) is 1.15. The second kappa shape index (κ2) is 4.92. The van der Waals surface area contributed by atoms with Gasteiger partial charge in [-0.1, -0.05) is 24.3 Å². The molecule has 3 nitrogen and oxygen atoms in total. The molecule has 20 heavy (non-hydrogen) atoms. The minimum absolute atomic E-state index is 0.106. The monoisotopic (exact) mass is 289 g/mol. The maximum atomic E-state index is 12.4. The Kier molecular flexibility index (Phi) is 3.36. The Morgan fingerprint density at radius 2 is 2.15 bits per heavy atom. The van der Waals surface area contributed by atoms with Gasteiger partial charge in [-0.15, -0.1) is 11.8 Å². The summed E-state index contributed by atoms with van der Waals surface area (Å²) in [6.45, 7) is 4.28. The zero-order valence-electron chi connectivity index (χ0n) is 12.1. The zero-order chi connectivity index (χ0) is 14.3. The zero-order valence-corrected chi connectivity index (χ0v) is 12.9. The Balaban J connectivity index is 2.09. The molecule has 2 bridgehead atoms. The lowest BCUT2D eigenvalue weighted by atomic mass is 9.63. The van der Waals surface area contributed by atoms with E-state index in [1.807, 2.05) is 19.9 Å². The van der Waals surface area contributed by atoms with E-state index in [1.54, 1.807) is 11.8 Å². The first kappa shape index (κ1) is 13.7. The summed E-state index contributed by atoms with van der Waals surface area (Å²) in [6.07, 6.45) is 2.86. The highest BCUT2D eigenvalue weighted by Crippen LogP contribution is 2.56. The van der Waals surface area contributed by atoms with Crippen molar-refractivity contribution in [1.29, 1.82) is 0 Å². The topological polar surface area (TPSA) is 38.7 Å². The van der Waals surface area contributed by atoms with Crippen LogP contribution in [0.2, 0.25) is 0 Å². The summed E-state index contributed by atoms with van der Waals surface area (Å²) in [7, 11) is 0. The molecule has 0 amide bonds. The van der Waals surface area contributed by atoms with E-state index in [9.17, 15) is 4.79 Å². The molecule has 4 heteroatoms. The fraction of sp³-hybridized carbons (Fsp3) is 0.500. The number of aliphatic imine (C=N–C) groups is 1. The number of rotatable bonds is 2. The van der Waals surface area contributed by atoms with Gasteiger partial charge < -0.3 is 4.74 Å². The molecule has 106 valence electrons. The number of carbonyl (C=O) groups excluding carboxylic acids is 1. The van der Waals surface area contributed by atoms with E-state index in [1.165, 1.54) is 11.1 Å². The third-order valence-corrected chi connectivity index (χ3v) is 5.21. The Labute approximate surface area is 123 Å². The van der Waals surface area contributed by atoms with Crippen LogP contribution in [0.3, 0.4) is 0 Å². The molecule has 0 spiro atoms. The molecule has 0 aromatic heterocycles. The van der Waals surface area contributed by atoms with Crippen LogP contribution >= 0.6 is 11.8 Å². The summed E-state index contributed by atoms with van der Waals surface area (Å²) in [5.74, 6) is 0.119. The van der Waals surface area contributed by atoms with E-state index in [0.717, 1.165) is 11.5 Å². The first-order chi connectivity index (χ1) is 9.61. The first-order valence-corrected chi connectivity index (χ1v) is 8.22. The molecule has 3 atom stereocenters. The van der Waals surface area contributed by atoms with Gasteiger partial charge in [-0.05, 0) is 37.7 Å². The highest BCUT2D eigenvalue weighted by atomic mass is 32.2. The van der Waals surface area contributed by atoms with Gasteiger partial charge >= 0.3 is 5.97 Å². The van der Waals surface area contributed by atoms with Gasteiger partial charge in [-0.2, -0.15) is 0 Å². The lowest BCUT2D eigenvalue weighted by molar-refractivity contribution is -0.157. The van der Waals surface area contributed by atoms with Crippen LogP contribution in [0.4, 0.5) is 0 Å². The average molecular weight is 289 g/mol. The van der Waals surface area contributed by atoms with Gasteiger partial charge in [0.2, 0.25) is 0 Å². The molecular weight excluding hydrogens is 270 g/mol. The van der Waals surface area contributed by atoms with Crippen LogP contribution in [0.1, 0.15) is 43.4 Å². The normalized spacial score (nSPS) is 30.6. The lowest BCUT2D eigenvalue weighted by Crippen LogP contribution is -2.45. The van der Waals surface area contributed by atoms with Crippen LogP contribution in [-0.2, 0) is 9.53 Å². The van der Waals surface area contributed by atoms with E-state index in [2.05, 4.69) is 24.5 Å². The molecule has 0 saturated heterocycles. The SMILES string of the molecule is CCOC(=O)C1(C)CC2C(SC)=NC1c1ccccc12. The molecule has 0 radical (unpaired) electrons. The van der Waals surface area contributed by atoms with Crippen molar-refractivity contribution >= 4 is 22.8 Å². The summed E-state index contributed by atoms with van der Waals surface area (Å²) < 4.78 is 5.31. The number of hydrogen-bond donors (Lipinski definition) is 0. The number of thioether (sulfide) groups is 1. The molecule has 3 unspecified atom stereocenters. The number of nitrogens with zero attached hydrogens (tertiary/aromatic N) is 1. The fourth-order valence-corrected chi connectivity index (χ4v) is 4.11. The highest BCUT2D eigenvalue weighted by Gasteiger charge is 2.53. The van der Waals surface area contributed by atoms with E-state index < -0.39 is 5.41 Å². The van der Waals surface area contributed by atoms with Crippen molar-refractivity contribution in [3.63, 3.8) is 0 Å². The summed E-state index contributed by atoms with van der Waals surface area (Å²) in [5.41, 5.74) is 1.99. The van der Waals surface area contributed by atoms with E-state index in [-0.39, 0.29) is 17.9 Å². The minimum Gasteiger partial charge on any atom is -0.466 e. The summed E-state index contributed by atoms with van der Waals surface area (Å²) in [6, 6.07) is 8.26. The first-order valence-electron chi connectivity index (χ1n) is 6.99. The average Bonchev–Trinajstić information content (AvgIpc) is 2.48. The van der Waals surface area contributed by atoms with Crippen LogP contribution in [0.25, 0.3) is 0 Å². The largest absolute Gasteiger partial charge is 0.466 e. The van der Waals surface area contributed by atoms with Gasteiger partial charge in [-0.3, -0.25) is 9.79 Å². The van der Waals surface area contributed by atoms with Gasteiger partial charge in [0.1, 0.15) is 0 Å². The lowest BCUT2D eigenvalue weighted by Gasteiger charge is -2.46. The molecule has 4 rings (SSSR count). The van der Waals surface area contributed by atoms with Gasteiger partial charge in [0.15, 0.2) is 0 Å². The number of esters is 1. The van der Waals surface area contributed by atoms with Gasteiger partial charge in [0.25, 0.3) is 0 Å². The van der Waals surface area contributed by atoms with Crippen molar-refractivity contribution < 1.29 is 9.53 Å². The van der Waals surface area contributed by atoms with Crippen molar-refractivity contribution in [2.45, 2.75) is 32.2 Å². The number of carbonyl (C=O) groups is 1. The molecule has 1 aromatic carbocycles. The highest BCUT2D eigenvalue weighted by molar-refractivity contribution is 8.13. The Bertz CT molecular complexity index is 584. The molecule has 1 aliphatic carbocycles. The molecule has 2 heterocycles. The van der Waals surface area contributed by atoms with Gasteiger partial charge in [-0.25, -0.2) is 0 Å². The van der Waals surface area contributed by atoms with Crippen LogP contribution < -0.4 is 0 Å². The van der Waals surface area contributed by atoms with Crippen molar-refractivity contribution in [3.8, 4) is 0 Å². The maximum Gasteiger partial charge on any atom is 0.314 e. The molecule has 0 fully saturated rings. The Hall–Kier alpha value is -1.29. The quantitative estimate of drug-likeness (QED) is 0.781. The summed E-state index contributed by atoms with van der Waals surface area (Å²) >= 11 is 1.70. The van der Waals surface area contributed by atoms with E-state index in [4.69, 9.17) is 9.73 Å². The predicted octanol–water partition coefficient (Wildman–Crippen LogP) is 3.56. The third kappa shape index (κ3) is 1.81. The second-order valence-corrected chi connectivity index (χ2v) is 6.42. The molecular formula is C16H19NO2S. The Morgan fingerprint density at radius 3 is 2.80 bits per heavy atom. The number of fused-ring (bicyclic) bond motifs is 1. The van der Waals surface area contributed by atoms with Crippen LogP contribution in [0, 0.1) is 5.41 Å².